The maximum absolute atomic E-state index is 13.5. The Morgan fingerprint density at radius 2 is 1.53 bits per heavy atom. The first-order valence-corrected chi connectivity index (χ1v) is 12.3. The Labute approximate surface area is 208 Å². The number of piperidine rings is 3. The standard InChI is InChI=1S/C29H26F2N2O3/c30-22-10-6-20(7-11-22)27(21-8-12-23(31)13-9-21)36-28(35)32-29-18-33(15-14-24(29)25(29)16-33)17-26(34)19-4-2-1-3-5-19/h1-13,24-25,27H,14-18H2/p+1/t24?,25?,29-,33?/m1/s1. The number of fused-ring (bicyclic) bond motifs is 1. The Morgan fingerprint density at radius 3 is 2.14 bits per heavy atom. The Bertz CT molecular complexity index is 1250. The molecule has 5 nitrogen and oxygen atoms in total. The normalized spacial score (nSPS) is 27.5. The highest BCUT2D eigenvalue weighted by Crippen LogP contribution is 2.63. The summed E-state index contributed by atoms with van der Waals surface area (Å²) in [7, 11) is 0. The predicted molar refractivity (Wildman–Crippen MR) is 129 cm³/mol. The number of ether oxygens (including phenoxy) is 1. The van der Waals surface area contributed by atoms with Crippen molar-refractivity contribution in [1.82, 2.24) is 5.32 Å². The van der Waals surface area contributed by atoms with Gasteiger partial charge in [-0.25, -0.2) is 13.6 Å². The summed E-state index contributed by atoms with van der Waals surface area (Å²) in [4.78, 5) is 26.1. The molecular weight excluding hydrogens is 462 g/mol. The van der Waals surface area contributed by atoms with Gasteiger partial charge in [-0.15, -0.1) is 0 Å². The Hall–Kier alpha value is -3.58. The second-order valence-corrected chi connectivity index (χ2v) is 10.4. The molecule has 4 bridgehead atoms. The van der Waals surface area contributed by atoms with Gasteiger partial charge in [-0.3, -0.25) is 4.79 Å². The third-order valence-corrected chi connectivity index (χ3v) is 8.28. The Morgan fingerprint density at radius 1 is 0.917 bits per heavy atom. The number of hydrogen-bond donors (Lipinski definition) is 1. The molecule has 3 heterocycles. The van der Waals surface area contributed by atoms with Gasteiger partial charge in [0.1, 0.15) is 30.3 Å². The number of rotatable bonds is 7. The number of hydrogen-bond acceptors (Lipinski definition) is 3. The van der Waals surface area contributed by atoms with Crippen LogP contribution in [0.15, 0.2) is 78.9 Å². The van der Waals surface area contributed by atoms with Gasteiger partial charge in [0.15, 0.2) is 6.10 Å². The van der Waals surface area contributed by atoms with E-state index < -0.39 is 23.8 Å². The summed E-state index contributed by atoms with van der Waals surface area (Å²) < 4.78 is 33.6. The number of Topliss-reactive ketones (excluding diaryl/α,β-unsaturated/α-hetero) is 1. The highest BCUT2D eigenvalue weighted by atomic mass is 19.1. The van der Waals surface area contributed by atoms with E-state index in [-0.39, 0.29) is 11.3 Å². The van der Waals surface area contributed by atoms with Crippen molar-refractivity contribution in [3.63, 3.8) is 0 Å². The zero-order valence-corrected chi connectivity index (χ0v) is 19.7. The van der Waals surface area contributed by atoms with Gasteiger partial charge in [-0.05, 0) is 35.4 Å². The highest BCUT2D eigenvalue weighted by molar-refractivity contribution is 5.97. The number of quaternary nitrogens is 1. The predicted octanol–water partition coefficient (Wildman–Crippen LogP) is 4.88. The van der Waals surface area contributed by atoms with Gasteiger partial charge < -0.3 is 14.5 Å². The van der Waals surface area contributed by atoms with E-state index in [1.807, 2.05) is 30.3 Å². The molecule has 3 aliphatic heterocycles. The molecule has 3 aromatic carbocycles. The zero-order chi connectivity index (χ0) is 24.9. The fourth-order valence-corrected chi connectivity index (χ4v) is 6.58. The summed E-state index contributed by atoms with van der Waals surface area (Å²) in [6, 6.07) is 20.8. The molecule has 184 valence electrons. The molecule has 7 heteroatoms. The number of carbonyl (C=O) groups is 2. The molecule has 1 amide bonds. The molecule has 1 N–H and O–H groups in total. The molecule has 36 heavy (non-hydrogen) atoms. The molecule has 0 aromatic heterocycles. The average Bonchev–Trinajstić information content (AvgIpc) is 3.38. The van der Waals surface area contributed by atoms with E-state index in [4.69, 9.17) is 4.74 Å². The van der Waals surface area contributed by atoms with E-state index in [9.17, 15) is 18.4 Å². The number of halogens is 2. The van der Waals surface area contributed by atoms with E-state index >= 15 is 0 Å². The van der Waals surface area contributed by atoms with Crippen LogP contribution in [0.2, 0.25) is 0 Å². The lowest BCUT2D eigenvalue weighted by Crippen LogP contribution is -2.59. The molecule has 0 radical (unpaired) electrons. The largest absolute Gasteiger partial charge is 0.436 e. The first-order chi connectivity index (χ1) is 17.4. The third-order valence-electron chi connectivity index (χ3n) is 8.28. The maximum Gasteiger partial charge on any atom is 0.408 e. The van der Waals surface area contributed by atoms with Crippen molar-refractivity contribution < 1.29 is 27.6 Å². The lowest BCUT2D eigenvalue weighted by atomic mass is 10.00. The summed E-state index contributed by atoms with van der Waals surface area (Å²) in [5, 5.41) is 3.16. The minimum Gasteiger partial charge on any atom is -0.436 e. The smallest absolute Gasteiger partial charge is 0.408 e. The molecule has 7 rings (SSSR count). The van der Waals surface area contributed by atoms with Crippen LogP contribution in [0.1, 0.15) is 34.0 Å². The molecule has 3 saturated heterocycles. The molecule has 3 unspecified atom stereocenters. The summed E-state index contributed by atoms with van der Waals surface area (Å²) in [5.74, 6) is 0.0666. The molecule has 0 spiro atoms. The lowest BCUT2D eigenvalue weighted by molar-refractivity contribution is -0.921. The number of carbonyl (C=O) groups excluding carboxylic acids is 2. The highest BCUT2D eigenvalue weighted by Gasteiger charge is 2.78. The van der Waals surface area contributed by atoms with Crippen LogP contribution in [0.25, 0.3) is 0 Å². The van der Waals surface area contributed by atoms with Crippen LogP contribution in [-0.4, -0.2) is 48.1 Å². The van der Waals surface area contributed by atoms with Crippen molar-refractivity contribution in [1.29, 1.82) is 0 Å². The van der Waals surface area contributed by atoms with Gasteiger partial charge in [0.05, 0.1) is 13.1 Å². The van der Waals surface area contributed by atoms with Gasteiger partial charge in [-0.2, -0.15) is 0 Å². The van der Waals surface area contributed by atoms with Gasteiger partial charge >= 0.3 is 6.09 Å². The summed E-state index contributed by atoms with van der Waals surface area (Å²) >= 11 is 0. The van der Waals surface area contributed by atoms with Crippen molar-refractivity contribution in [2.24, 2.45) is 11.8 Å². The van der Waals surface area contributed by atoms with Crippen LogP contribution in [0.5, 0.6) is 0 Å². The zero-order valence-electron chi connectivity index (χ0n) is 19.7. The molecule has 1 aliphatic carbocycles. The van der Waals surface area contributed by atoms with Crippen LogP contribution >= 0.6 is 0 Å². The van der Waals surface area contributed by atoms with E-state index in [0.29, 0.717) is 40.5 Å². The van der Waals surface area contributed by atoms with Crippen molar-refractivity contribution >= 4 is 11.9 Å². The molecule has 4 fully saturated rings. The van der Waals surface area contributed by atoms with Crippen molar-refractivity contribution in [3.8, 4) is 0 Å². The summed E-state index contributed by atoms with van der Waals surface area (Å²) in [5.41, 5.74) is 1.55. The fourth-order valence-electron chi connectivity index (χ4n) is 6.58. The van der Waals surface area contributed by atoms with E-state index in [2.05, 4.69) is 5.32 Å². The number of ketones is 1. The fraction of sp³-hybridized carbons (Fsp3) is 0.310. The van der Waals surface area contributed by atoms with Crippen molar-refractivity contribution in [2.75, 3.05) is 26.2 Å². The molecule has 4 atom stereocenters. The molecule has 4 aliphatic rings. The lowest BCUT2D eigenvalue weighted by Gasteiger charge is -2.42. The summed E-state index contributed by atoms with van der Waals surface area (Å²) in [6.45, 7) is 2.96. The maximum atomic E-state index is 13.5. The first kappa shape index (κ1) is 22.9. The van der Waals surface area contributed by atoms with Crippen molar-refractivity contribution in [3.05, 3.63) is 107 Å². The topological polar surface area (TPSA) is 55.4 Å². The van der Waals surface area contributed by atoms with Crippen LogP contribution in [-0.2, 0) is 4.74 Å². The van der Waals surface area contributed by atoms with Crippen LogP contribution in [0.3, 0.4) is 0 Å². The summed E-state index contributed by atoms with van der Waals surface area (Å²) in [6.07, 6.45) is -0.397. The van der Waals surface area contributed by atoms with Crippen LogP contribution < -0.4 is 5.32 Å². The number of benzene rings is 3. The van der Waals surface area contributed by atoms with Crippen molar-refractivity contribution in [2.45, 2.75) is 18.1 Å². The minimum absolute atomic E-state index is 0.126. The Balaban J connectivity index is 1.18. The van der Waals surface area contributed by atoms with E-state index in [1.165, 1.54) is 24.3 Å². The molecule has 3 aromatic rings. The third kappa shape index (κ3) is 3.97. The van der Waals surface area contributed by atoms with Gasteiger partial charge in [0.2, 0.25) is 5.78 Å². The second-order valence-electron chi connectivity index (χ2n) is 10.4. The van der Waals surface area contributed by atoms with Crippen LogP contribution in [0, 0.1) is 23.5 Å². The van der Waals surface area contributed by atoms with Gasteiger partial charge in [0, 0.05) is 23.8 Å². The minimum atomic E-state index is -0.804. The second kappa shape index (κ2) is 8.52. The molecule has 1 saturated carbocycles. The SMILES string of the molecule is O=C(N[C@]12C[N+]3(CC(=O)c4ccccc4)CCC1C2C3)OC(c1ccc(F)cc1)c1ccc(F)cc1. The molecular formula is C29H27F2N2O3+. The first-order valence-electron chi connectivity index (χ1n) is 12.3. The monoisotopic (exact) mass is 489 g/mol. The Kier molecular flexibility index (Phi) is 5.41. The van der Waals surface area contributed by atoms with E-state index in [0.717, 1.165) is 25.1 Å². The average molecular weight is 490 g/mol. The number of alkyl carbamates (subject to hydrolysis) is 1. The van der Waals surface area contributed by atoms with Gasteiger partial charge in [-0.1, -0.05) is 54.6 Å². The number of nitrogens with zero attached hydrogens (tertiary/aromatic N) is 1. The quantitative estimate of drug-likeness (QED) is 0.380. The van der Waals surface area contributed by atoms with Gasteiger partial charge in [0.25, 0.3) is 0 Å². The number of amides is 1. The van der Waals surface area contributed by atoms with E-state index in [1.54, 1.807) is 24.3 Å². The number of nitrogens with one attached hydrogen (secondary N) is 1. The van der Waals surface area contributed by atoms with Crippen LogP contribution in [0.4, 0.5) is 13.6 Å².